The van der Waals surface area contributed by atoms with Gasteiger partial charge in [-0.05, 0) is 10.5 Å². The van der Waals surface area contributed by atoms with E-state index in [2.05, 4.69) is 4.98 Å². The van der Waals surface area contributed by atoms with Gasteiger partial charge in [-0.3, -0.25) is 4.79 Å². The van der Waals surface area contributed by atoms with Gasteiger partial charge in [0.15, 0.2) is 11.5 Å². The van der Waals surface area contributed by atoms with Gasteiger partial charge in [0, 0.05) is 6.92 Å². The summed E-state index contributed by atoms with van der Waals surface area (Å²) in [5.41, 5.74) is 1.53. The van der Waals surface area contributed by atoms with Crippen molar-refractivity contribution in [3.63, 3.8) is 0 Å². The van der Waals surface area contributed by atoms with Crippen LogP contribution in [0.4, 0.5) is 0 Å². The van der Waals surface area contributed by atoms with Crippen molar-refractivity contribution in [2.45, 2.75) is 13.5 Å². The minimum atomic E-state index is -0.458. The number of nitrogens with zero attached hydrogens (tertiary/aromatic N) is 3. The minimum Gasteiger partial charge on any atom is -0.845 e. The van der Waals surface area contributed by atoms with Gasteiger partial charge >= 0.3 is 6.01 Å². The van der Waals surface area contributed by atoms with Gasteiger partial charge in [-0.25, -0.2) is 4.57 Å². The lowest BCUT2D eigenvalue weighted by atomic mass is 10.2. The van der Waals surface area contributed by atoms with E-state index in [1.807, 2.05) is 30.3 Å². The molecular formula is C17H17N3O4. The highest BCUT2D eigenvalue weighted by Crippen LogP contribution is 2.23. The summed E-state index contributed by atoms with van der Waals surface area (Å²) in [5.74, 6) is -0.477. The van der Waals surface area contributed by atoms with E-state index in [9.17, 15) is 9.90 Å². The summed E-state index contributed by atoms with van der Waals surface area (Å²) >= 11 is 0. The van der Waals surface area contributed by atoms with Gasteiger partial charge in [-0.2, -0.15) is 4.40 Å². The summed E-state index contributed by atoms with van der Waals surface area (Å²) in [6.07, 6.45) is 0. The predicted molar refractivity (Wildman–Crippen MR) is 83.5 cm³/mol. The van der Waals surface area contributed by atoms with Crippen LogP contribution in [0.1, 0.15) is 23.0 Å². The zero-order valence-corrected chi connectivity index (χ0v) is 13.6. The zero-order valence-electron chi connectivity index (χ0n) is 13.6. The zero-order chi connectivity index (χ0) is 17.3. The van der Waals surface area contributed by atoms with Crippen molar-refractivity contribution in [1.82, 2.24) is 9.55 Å². The van der Waals surface area contributed by atoms with Crippen molar-refractivity contribution in [3.8, 4) is 17.8 Å². The van der Waals surface area contributed by atoms with Crippen molar-refractivity contribution in [1.29, 1.82) is 0 Å². The number of ether oxygens (including phenoxy) is 2. The van der Waals surface area contributed by atoms with E-state index in [0.717, 1.165) is 5.56 Å². The van der Waals surface area contributed by atoms with Gasteiger partial charge in [0.05, 0.1) is 32.7 Å². The molecule has 0 amide bonds. The number of hydrogen-bond donors (Lipinski definition) is 0. The van der Waals surface area contributed by atoms with Gasteiger partial charge in [-0.15, -0.1) is 0 Å². The Balaban J connectivity index is 2.32. The molecule has 0 spiro atoms. The number of Topliss-reactive ketones (excluding diaryl/α,β-unsaturated/α-hetero) is 1. The molecule has 2 aromatic heterocycles. The third-order valence-electron chi connectivity index (χ3n) is 3.74. The van der Waals surface area contributed by atoms with Crippen molar-refractivity contribution in [2.24, 2.45) is 0 Å². The Bertz CT molecular complexity index is 903. The fraction of sp³-hybridized carbons (Fsp3) is 0.235. The van der Waals surface area contributed by atoms with Gasteiger partial charge in [0.2, 0.25) is 5.65 Å². The molecule has 0 saturated carbocycles. The largest absolute Gasteiger partial charge is 0.845 e. The molecule has 0 atom stereocenters. The van der Waals surface area contributed by atoms with Crippen LogP contribution < -0.4 is 19.0 Å². The molecule has 0 aliphatic heterocycles. The highest BCUT2D eigenvalue weighted by molar-refractivity contribution is 5.94. The summed E-state index contributed by atoms with van der Waals surface area (Å²) in [4.78, 5) is 16.2. The van der Waals surface area contributed by atoms with Crippen molar-refractivity contribution in [3.05, 3.63) is 47.7 Å². The van der Waals surface area contributed by atoms with E-state index < -0.39 is 5.88 Å². The van der Waals surface area contributed by atoms with Crippen molar-refractivity contribution >= 4 is 11.4 Å². The number of methoxy groups -OCH3 is 2. The van der Waals surface area contributed by atoms with Crippen LogP contribution in [0.5, 0.6) is 17.8 Å². The van der Waals surface area contributed by atoms with Gasteiger partial charge < -0.3 is 14.6 Å². The number of aromatic nitrogens is 3. The number of carbonyl (C=O) groups is 1. The molecule has 3 rings (SSSR count). The maximum Gasteiger partial charge on any atom is 0.441 e. The molecule has 3 aromatic rings. The third-order valence-corrected chi connectivity index (χ3v) is 3.74. The molecule has 1 aromatic carbocycles. The van der Waals surface area contributed by atoms with Crippen LogP contribution in [-0.4, -0.2) is 29.6 Å². The lowest BCUT2D eigenvalue weighted by Crippen LogP contribution is -2.28. The molecule has 7 heteroatoms. The first-order chi connectivity index (χ1) is 11.6. The number of carbonyl (C=O) groups excluding carboxylic acids is 1. The number of ketones is 1. The normalized spacial score (nSPS) is 10.8. The molecule has 0 radical (unpaired) electrons. The van der Waals surface area contributed by atoms with Gasteiger partial charge in [-0.1, -0.05) is 30.3 Å². The molecule has 0 bridgehead atoms. The number of hydrogen-bond acceptors (Lipinski definition) is 5. The fourth-order valence-electron chi connectivity index (χ4n) is 2.68. The molecule has 0 unspecified atom stereocenters. The molecule has 0 fully saturated rings. The van der Waals surface area contributed by atoms with Crippen LogP contribution >= 0.6 is 0 Å². The second kappa shape index (κ2) is 6.19. The van der Waals surface area contributed by atoms with Crippen LogP contribution in [-0.2, 0) is 6.54 Å². The molecule has 0 aliphatic rings. The fourth-order valence-corrected chi connectivity index (χ4v) is 2.68. The molecule has 24 heavy (non-hydrogen) atoms. The standard InChI is InChI=1S/C17H17N3O4/c1-11(21)15-16(22)20-14(9-13(23-2)18-17(20)24-3)19(15)10-12-7-5-4-6-8-12/h4-9H,10H2,1-3H3. The Hall–Kier alpha value is -3.09. The maximum absolute atomic E-state index is 12.7. The quantitative estimate of drug-likeness (QED) is 0.515. The smallest absolute Gasteiger partial charge is 0.441 e. The highest BCUT2D eigenvalue weighted by Gasteiger charge is 2.26. The van der Waals surface area contributed by atoms with Gasteiger partial charge in [0.1, 0.15) is 0 Å². The Morgan fingerprint density at radius 1 is 1.25 bits per heavy atom. The van der Waals surface area contributed by atoms with Crippen LogP contribution in [0.3, 0.4) is 0 Å². The van der Waals surface area contributed by atoms with E-state index in [0.29, 0.717) is 18.1 Å². The second-order valence-corrected chi connectivity index (χ2v) is 5.26. The molecular weight excluding hydrogens is 310 g/mol. The topological polar surface area (TPSA) is 80.5 Å². The van der Waals surface area contributed by atoms with Crippen LogP contribution in [0.2, 0.25) is 0 Å². The first-order valence-electron chi connectivity index (χ1n) is 7.36. The average Bonchev–Trinajstić information content (AvgIpc) is 2.87. The van der Waals surface area contributed by atoms with E-state index in [1.54, 1.807) is 10.6 Å². The summed E-state index contributed by atoms with van der Waals surface area (Å²) in [6, 6.07) is 11.3. The van der Waals surface area contributed by atoms with E-state index in [1.165, 1.54) is 25.5 Å². The molecule has 124 valence electrons. The molecule has 7 nitrogen and oxygen atoms in total. The highest BCUT2D eigenvalue weighted by atomic mass is 16.5. The SMILES string of the molecule is COc1cc2n(Cc3ccccc3)c(C(C)=O)c([O-])[n+]2c(OC)n1. The molecule has 2 heterocycles. The maximum atomic E-state index is 12.7. The van der Waals surface area contributed by atoms with Crippen molar-refractivity contribution in [2.75, 3.05) is 14.2 Å². The molecule has 0 saturated heterocycles. The first-order valence-corrected chi connectivity index (χ1v) is 7.36. The number of imidazole rings is 1. The first kappa shape index (κ1) is 15.8. The predicted octanol–water partition coefficient (Wildman–Crippen LogP) is 0.963. The lowest BCUT2D eigenvalue weighted by Gasteiger charge is -2.05. The Morgan fingerprint density at radius 3 is 2.54 bits per heavy atom. The number of fused-ring (bicyclic) bond motifs is 1. The summed E-state index contributed by atoms with van der Waals surface area (Å²) in [6.45, 7) is 1.74. The second-order valence-electron chi connectivity index (χ2n) is 5.26. The Labute approximate surface area is 138 Å². The third kappa shape index (κ3) is 2.54. The average molecular weight is 327 g/mol. The van der Waals surface area contributed by atoms with E-state index in [4.69, 9.17) is 9.47 Å². The van der Waals surface area contributed by atoms with Crippen LogP contribution in [0.25, 0.3) is 5.65 Å². The number of benzene rings is 1. The Kier molecular flexibility index (Phi) is 4.07. The summed E-state index contributed by atoms with van der Waals surface area (Å²) in [5, 5.41) is 12.7. The van der Waals surface area contributed by atoms with Crippen molar-refractivity contribution < 1.29 is 23.8 Å². The summed E-state index contributed by atoms with van der Waals surface area (Å²) < 4.78 is 13.3. The van der Waals surface area contributed by atoms with Crippen LogP contribution in [0.15, 0.2) is 36.4 Å². The Morgan fingerprint density at radius 2 is 1.96 bits per heavy atom. The molecule has 0 N–H and O–H groups in total. The van der Waals surface area contributed by atoms with E-state index in [-0.39, 0.29) is 17.5 Å². The summed E-state index contributed by atoms with van der Waals surface area (Å²) in [7, 11) is 2.89. The minimum absolute atomic E-state index is 0.0728. The van der Waals surface area contributed by atoms with Gasteiger partial charge in [0.25, 0.3) is 5.88 Å². The number of rotatable bonds is 5. The van der Waals surface area contributed by atoms with Crippen LogP contribution in [0, 0.1) is 0 Å². The monoisotopic (exact) mass is 327 g/mol. The van der Waals surface area contributed by atoms with E-state index >= 15 is 0 Å². The molecule has 0 aliphatic carbocycles. The lowest BCUT2D eigenvalue weighted by molar-refractivity contribution is -0.591.